The van der Waals surface area contributed by atoms with Crippen molar-refractivity contribution in [3.63, 3.8) is 0 Å². The molecule has 1 aromatic heterocycles. The predicted octanol–water partition coefficient (Wildman–Crippen LogP) is 3.12. The molecule has 13 heteroatoms. The highest BCUT2D eigenvalue weighted by Crippen LogP contribution is 2.51. The molecule has 47 heavy (non-hydrogen) atoms. The van der Waals surface area contributed by atoms with E-state index in [1.54, 1.807) is 34.8 Å². The van der Waals surface area contributed by atoms with Gasteiger partial charge in [-0.05, 0) is 95.0 Å². The highest BCUT2D eigenvalue weighted by Gasteiger charge is 2.48. The van der Waals surface area contributed by atoms with Gasteiger partial charge in [-0.1, -0.05) is 13.0 Å². The Bertz CT molecular complexity index is 1420. The molecule has 2 aliphatic carbocycles. The van der Waals surface area contributed by atoms with Gasteiger partial charge in [-0.25, -0.2) is 8.78 Å². The number of hydrogen-bond acceptors (Lipinski definition) is 7. The molecule has 1 aromatic carbocycles. The van der Waals surface area contributed by atoms with E-state index in [4.69, 9.17) is 0 Å². The van der Waals surface area contributed by atoms with Gasteiger partial charge in [0.1, 0.15) is 30.0 Å². The summed E-state index contributed by atoms with van der Waals surface area (Å²) in [6.07, 6.45) is 2.29. The lowest BCUT2D eigenvalue weighted by atomic mass is 9.88. The number of benzene rings is 1. The molecule has 6 atom stereocenters. The fourth-order valence-electron chi connectivity index (χ4n) is 6.73. The summed E-state index contributed by atoms with van der Waals surface area (Å²) in [5.74, 6) is -1.92. The van der Waals surface area contributed by atoms with Crippen LogP contribution in [0.2, 0.25) is 0 Å². The van der Waals surface area contributed by atoms with Crippen molar-refractivity contribution in [2.24, 2.45) is 17.8 Å². The van der Waals surface area contributed by atoms with Crippen molar-refractivity contribution in [3.8, 4) is 0 Å². The maximum atomic E-state index is 15.7. The first-order chi connectivity index (χ1) is 22.4. The standard InChI is InChI=1S/C34H49F2N7O4/c1-6-43-27(13-14-37-43)32(45)40-30(28(22-7-8-22)23-9-10-23)33(46)38-26-12-11-24(17-25(26)36)20(3)29(39-31(44)21(4)35)34(47)42-16-15-41(5)19(2)18-42/h11-14,17,19-23,28-31,39,44H,6-10,15-16,18H2,1-5H3,(H,38,46)(H,40,45)/t19-,20+,21-,29-,30+,31?/m1/s1. The lowest BCUT2D eigenvalue weighted by molar-refractivity contribution is -0.138. The number of likely N-dealkylation sites (N-methyl/N-ethyl adjacent to an activating group) is 1. The third-order valence-electron chi connectivity index (χ3n) is 10.1. The Hall–Kier alpha value is -3.42. The molecule has 0 radical (unpaired) electrons. The molecule has 0 spiro atoms. The van der Waals surface area contributed by atoms with Crippen LogP contribution in [0.15, 0.2) is 30.5 Å². The SMILES string of the molecule is CCn1nccc1C(=O)N[C@H](C(=O)Nc1ccc([C@H](C)[C@@H](NC(O)[C@@H](C)F)C(=O)N2CCN(C)[C@H](C)C2)cc1F)C(C1CC1)C1CC1. The minimum Gasteiger partial charge on any atom is -0.376 e. The Labute approximate surface area is 275 Å². The fourth-order valence-corrected chi connectivity index (χ4v) is 6.73. The lowest BCUT2D eigenvalue weighted by Crippen LogP contribution is -2.59. The quantitative estimate of drug-likeness (QED) is 0.230. The summed E-state index contributed by atoms with van der Waals surface area (Å²) in [4.78, 5) is 44.7. The van der Waals surface area contributed by atoms with Crippen LogP contribution in [0.1, 0.15) is 75.3 Å². The molecule has 1 unspecified atom stereocenters. The zero-order valence-corrected chi connectivity index (χ0v) is 28.0. The second-order valence-electron chi connectivity index (χ2n) is 13.6. The van der Waals surface area contributed by atoms with Crippen LogP contribution >= 0.6 is 0 Å². The number of nitrogens with one attached hydrogen (secondary N) is 3. The zero-order valence-electron chi connectivity index (χ0n) is 28.0. The largest absolute Gasteiger partial charge is 0.376 e. The van der Waals surface area contributed by atoms with Crippen LogP contribution in [0.3, 0.4) is 0 Å². The van der Waals surface area contributed by atoms with Crippen LogP contribution in [0.5, 0.6) is 0 Å². The van der Waals surface area contributed by atoms with Crippen molar-refractivity contribution in [1.82, 2.24) is 30.2 Å². The van der Waals surface area contributed by atoms with Crippen molar-refractivity contribution in [2.75, 3.05) is 32.0 Å². The van der Waals surface area contributed by atoms with Crippen LogP contribution in [-0.2, 0) is 16.1 Å². The average Bonchev–Trinajstić information content (AvgIpc) is 4.00. The van der Waals surface area contributed by atoms with Crippen molar-refractivity contribution < 1.29 is 28.3 Å². The van der Waals surface area contributed by atoms with E-state index in [0.717, 1.165) is 25.7 Å². The average molecular weight is 658 g/mol. The number of aliphatic hydroxyl groups excluding tert-OH is 1. The van der Waals surface area contributed by atoms with E-state index in [1.165, 1.54) is 19.1 Å². The van der Waals surface area contributed by atoms with Gasteiger partial charge >= 0.3 is 0 Å². The molecule has 11 nitrogen and oxygen atoms in total. The molecule has 4 N–H and O–H groups in total. The first kappa shape index (κ1) is 34.9. The van der Waals surface area contributed by atoms with Crippen LogP contribution in [0.4, 0.5) is 14.5 Å². The maximum absolute atomic E-state index is 15.7. The lowest BCUT2D eigenvalue weighted by Gasteiger charge is -2.40. The predicted molar refractivity (Wildman–Crippen MR) is 174 cm³/mol. The molecular formula is C34H49F2N7O4. The molecule has 2 aromatic rings. The van der Waals surface area contributed by atoms with Crippen molar-refractivity contribution in [2.45, 2.75) is 96.4 Å². The zero-order chi connectivity index (χ0) is 34.0. The molecule has 1 saturated heterocycles. The van der Waals surface area contributed by atoms with Crippen molar-refractivity contribution in [1.29, 1.82) is 0 Å². The number of hydrogen-bond donors (Lipinski definition) is 4. The first-order valence-electron chi connectivity index (χ1n) is 16.9. The summed E-state index contributed by atoms with van der Waals surface area (Å²) in [5, 5.41) is 22.9. The van der Waals surface area contributed by atoms with Crippen molar-refractivity contribution >= 4 is 23.4 Å². The summed E-state index contributed by atoms with van der Waals surface area (Å²) in [5.41, 5.74) is 0.755. The number of halogens is 2. The van der Waals surface area contributed by atoms with Gasteiger partial charge in [-0.3, -0.25) is 24.4 Å². The van der Waals surface area contributed by atoms with E-state index in [9.17, 15) is 23.9 Å². The van der Waals surface area contributed by atoms with Gasteiger partial charge in [0.05, 0.1) is 11.7 Å². The summed E-state index contributed by atoms with van der Waals surface area (Å²) in [6, 6.07) is 4.19. The Morgan fingerprint density at radius 2 is 1.74 bits per heavy atom. The van der Waals surface area contributed by atoms with Gasteiger partial charge < -0.3 is 25.5 Å². The van der Waals surface area contributed by atoms with Gasteiger partial charge in [0.2, 0.25) is 11.8 Å². The fraction of sp³-hybridized carbons (Fsp3) is 0.647. The number of alkyl halides is 1. The van der Waals surface area contributed by atoms with E-state index in [1.807, 2.05) is 20.9 Å². The van der Waals surface area contributed by atoms with E-state index < -0.39 is 48.0 Å². The molecular weight excluding hydrogens is 608 g/mol. The van der Waals surface area contributed by atoms with Crippen LogP contribution in [-0.4, -0.2) is 99.6 Å². The number of amides is 3. The highest BCUT2D eigenvalue weighted by molar-refractivity contribution is 6.01. The number of carbonyl (C=O) groups excluding carboxylic acids is 3. The van der Waals surface area contributed by atoms with E-state index in [2.05, 4.69) is 25.9 Å². The van der Waals surface area contributed by atoms with Crippen LogP contribution in [0.25, 0.3) is 0 Å². The molecule has 258 valence electrons. The minimum atomic E-state index is -1.63. The van der Waals surface area contributed by atoms with Crippen LogP contribution in [0, 0.1) is 23.6 Å². The molecule has 3 amide bonds. The summed E-state index contributed by atoms with van der Waals surface area (Å²) in [7, 11) is 1.98. The highest BCUT2D eigenvalue weighted by atomic mass is 19.1. The topological polar surface area (TPSA) is 132 Å². The first-order valence-corrected chi connectivity index (χ1v) is 16.9. The van der Waals surface area contributed by atoms with E-state index in [-0.39, 0.29) is 23.6 Å². The number of aliphatic hydroxyl groups is 1. The van der Waals surface area contributed by atoms with Gasteiger partial charge in [-0.15, -0.1) is 0 Å². The molecule has 5 rings (SSSR count). The summed E-state index contributed by atoms with van der Waals surface area (Å²) >= 11 is 0. The summed E-state index contributed by atoms with van der Waals surface area (Å²) in [6.45, 7) is 8.94. The Kier molecular flexibility index (Phi) is 11.0. The number of aromatic nitrogens is 2. The molecule has 2 saturated carbocycles. The number of rotatable bonds is 14. The molecule has 1 aliphatic heterocycles. The van der Waals surface area contributed by atoms with E-state index >= 15 is 4.39 Å². The summed E-state index contributed by atoms with van der Waals surface area (Å²) < 4.78 is 31.3. The third-order valence-corrected chi connectivity index (χ3v) is 10.1. The molecule has 2 heterocycles. The minimum absolute atomic E-state index is 0.0428. The number of anilines is 1. The normalized spacial score (nSPS) is 22.0. The van der Waals surface area contributed by atoms with Gasteiger partial charge in [0.25, 0.3) is 5.91 Å². The van der Waals surface area contributed by atoms with Gasteiger partial charge in [-0.2, -0.15) is 5.10 Å². The molecule has 3 aliphatic rings. The number of piperazine rings is 1. The second-order valence-corrected chi connectivity index (χ2v) is 13.6. The Morgan fingerprint density at radius 3 is 2.32 bits per heavy atom. The van der Waals surface area contributed by atoms with Gasteiger partial charge in [0, 0.05) is 44.3 Å². The van der Waals surface area contributed by atoms with Crippen LogP contribution < -0.4 is 16.0 Å². The molecule has 0 bridgehead atoms. The second kappa shape index (κ2) is 14.8. The van der Waals surface area contributed by atoms with Crippen molar-refractivity contribution in [3.05, 3.63) is 47.5 Å². The smallest absolute Gasteiger partial charge is 0.270 e. The third kappa shape index (κ3) is 8.18. The van der Waals surface area contributed by atoms with Gasteiger partial charge in [0.15, 0.2) is 0 Å². The van der Waals surface area contributed by atoms with E-state index in [0.29, 0.717) is 49.3 Å². The molecule has 3 fully saturated rings. The monoisotopic (exact) mass is 657 g/mol. The Morgan fingerprint density at radius 1 is 1.06 bits per heavy atom. The maximum Gasteiger partial charge on any atom is 0.270 e. The Balaban J connectivity index is 1.34. The number of nitrogens with zero attached hydrogens (tertiary/aromatic N) is 4. The number of aryl methyl sites for hydroxylation is 1. The number of carbonyl (C=O) groups is 3.